The lowest BCUT2D eigenvalue weighted by molar-refractivity contribution is 0.293. The number of aryl methyl sites for hydroxylation is 2. The number of aromatic nitrogens is 2. The van der Waals surface area contributed by atoms with Gasteiger partial charge in [0.25, 0.3) is 0 Å². The maximum absolute atomic E-state index is 5.69. The summed E-state index contributed by atoms with van der Waals surface area (Å²) in [6, 6.07) is 4.14. The normalized spacial score (nSPS) is 11.2. The van der Waals surface area contributed by atoms with Crippen molar-refractivity contribution in [2.75, 3.05) is 6.54 Å². The molecule has 2 heterocycles. The SMILES string of the molecule is Cc1cc(OCc2cc(CNCC(C)C)sc2C)n[nH]1. The predicted molar refractivity (Wildman–Crippen MR) is 83.3 cm³/mol. The first-order valence-corrected chi connectivity index (χ1v) is 7.80. The Morgan fingerprint density at radius 2 is 2.15 bits per heavy atom. The summed E-state index contributed by atoms with van der Waals surface area (Å²) in [6.07, 6.45) is 0. The van der Waals surface area contributed by atoms with E-state index in [0.717, 1.165) is 18.8 Å². The average molecular weight is 293 g/mol. The van der Waals surface area contributed by atoms with E-state index < -0.39 is 0 Å². The van der Waals surface area contributed by atoms with Crippen LogP contribution in [0.2, 0.25) is 0 Å². The second kappa shape index (κ2) is 6.90. The molecule has 0 spiro atoms. The minimum Gasteiger partial charge on any atom is -0.472 e. The van der Waals surface area contributed by atoms with E-state index in [0.29, 0.717) is 18.4 Å². The number of H-pyrrole nitrogens is 1. The van der Waals surface area contributed by atoms with Gasteiger partial charge in [0, 0.05) is 33.6 Å². The fourth-order valence-corrected chi connectivity index (χ4v) is 2.94. The Balaban J connectivity index is 1.87. The lowest BCUT2D eigenvalue weighted by atomic mass is 10.2. The van der Waals surface area contributed by atoms with Gasteiger partial charge in [-0.2, -0.15) is 0 Å². The second-order valence-corrected chi connectivity index (χ2v) is 6.84. The molecule has 0 saturated carbocycles. The van der Waals surface area contributed by atoms with E-state index in [9.17, 15) is 0 Å². The molecular formula is C15H23N3OS. The Labute approximate surface area is 124 Å². The predicted octanol–water partition coefficient (Wildman–Crippen LogP) is 3.41. The standard InChI is InChI=1S/C15H23N3OS/c1-10(2)7-16-8-14-6-13(12(4)20-14)9-19-15-5-11(3)17-18-15/h5-6,10,16H,7-9H2,1-4H3,(H,17,18). The number of ether oxygens (including phenoxy) is 1. The Hall–Kier alpha value is -1.33. The van der Waals surface area contributed by atoms with Gasteiger partial charge in [0.2, 0.25) is 5.88 Å². The van der Waals surface area contributed by atoms with Crippen LogP contribution in [0.4, 0.5) is 0 Å². The molecule has 0 aromatic carbocycles. The molecular weight excluding hydrogens is 270 g/mol. The van der Waals surface area contributed by atoms with Crippen LogP contribution in [-0.2, 0) is 13.2 Å². The van der Waals surface area contributed by atoms with Crippen molar-refractivity contribution in [2.24, 2.45) is 5.92 Å². The fourth-order valence-electron chi connectivity index (χ4n) is 1.92. The minimum atomic E-state index is 0.580. The molecule has 0 unspecified atom stereocenters. The molecule has 2 aromatic heterocycles. The summed E-state index contributed by atoms with van der Waals surface area (Å²) in [7, 11) is 0. The smallest absolute Gasteiger partial charge is 0.233 e. The van der Waals surface area contributed by atoms with E-state index in [1.165, 1.54) is 15.3 Å². The van der Waals surface area contributed by atoms with E-state index in [1.807, 2.05) is 24.3 Å². The lowest BCUT2D eigenvalue weighted by Crippen LogP contribution is -2.18. The lowest BCUT2D eigenvalue weighted by Gasteiger charge is -2.05. The highest BCUT2D eigenvalue weighted by atomic mass is 32.1. The highest BCUT2D eigenvalue weighted by molar-refractivity contribution is 7.12. The molecule has 0 bridgehead atoms. The summed E-state index contributed by atoms with van der Waals surface area (Å²) < 4.78 is 5.69. The summed E-state index contributed by atoms with van der Waals surface area (Å²) in [4.78, 5) is 2.68. The van der Waals surface area contributed by atoms with Crippen LogP contribution < -0.4 is 10.1 Å². The van der Waals surface area contributed by atoms with Gasteiger partial charge in [0.15, 0.2) is 0 Å². The fraction of sp³-hybridized carbons (Fsp3) is 0.533. The van der Waals surface area contributed by atoms with Crippen LogP contribution in [0.5, 0.6) is 5.88 Å². The van der Waals surface area contributed by atoms with E-state index >= 15 is 0 Å². The first-order valence-electron chi connectivity index (χ1n) is 6.98. The zero-order valence-corrected chi connectivity index (χ0v) is 13.4. The molecule has 20 heavy (non-hydrogen) atoms. The van der Waals surface area contributed by atoms with E-state index in [2.05, 4.69) is 42.4 Å². The van der Waals surface area contributed by atoms with Gasteiger partial charge < -0.3 is 10.1 Å². The summed E-state index contributed by atoms with van der Waals surface area (Å²) in [5.74, 6) is 1.34. The van der Waals surface area contributed by atoms with Crippen molar-refractivity contribution in [3.05, 3.63) is 33.1 Å². The third kappa shape index (κ3) is 4.35. The van der Waals surface area contributed by atoms with Crippen molar-refractivity contribution in [1.29, 1.82) is 0 Å². The zero-order chi connectivity index (χ0) is 14.5. The Bertz CT molecular complexity index is 545. The number of hydrogen-bond acceptors (Lipinski definition) is 4. The van der Waals surface area contributed by atoms with Crippen LogP contribution >= 0.6 is 11.3 Å². The van der Waals surface area contributed by atoms with Crippen molar-refractivity contribution in [1.82, 2.24) is 15.5 Å². The van der Waals surface area contributed by atoms with Crippen LogP contribution in [0.25, 0.3) is 0 Å². The first kappa shape index (κ1) is 15.1. The highest BCUT2D eigenvalue weighted by Gasteiger charge is 2.07. The van der Waals surface area contributed by atoms with Gasteiger partial charge in [-0.15, -0.1) is 16.4 Å². The zero-order valence-electron chi connectivity index (χ0n) is 12.6. The second-order valence-electron chi connectivity index (χ2n) is 5.50. The number of aromatic amines is 1. The molecule has 110 valence electrons. The number of nitrogens with zero attached hydrogens (tertiary/aromatic N) is 1. The summed E-state index contributed by atoms with van der Waals surface area (Å²) >= 11 is 1.84. The van der Waals surface area contributed by atoms with E-state index in [-0.39, 0.29) is 0 Å². The van der Waals surface area contributed by atoms with Crippen LogP contribution in [0.3, 0.4) is 0 Å². The van der Waals surface area contributed by atoms with Gasteiger partial charge >= 0.3 is 0 Å². The monoisotopic (exact) mass is 293 g/mol. The van der Waals surface area contributed by atoms with Gasteiger partial charge in [-0.3, -0.25) is 5.10 Å². The first-order chi connectivity index (χ1) is 9.54. The highest BCUT2D eigenvalue weighted by Crippen LogP contribution is 2.23. The summed E-state index contributed by atoms with van der Waals surface area (Å²) in [5, 5.41) is 10.4. The topological polar surface area (TPSA) is 49.9 Å². The molecule has 5 heteroatoms. The molecule has 2 aromatic rings. The third-order valence-corrected chi connectivity index (χ3v) is 4.07. The van der Waals surface area contributed by atoms with Gasteiger partial charge in [0.05, 0.1) is 0 Å². The molecule has 0 atom stereocenters. The third-order valence-electron chi connectivity index (χ3n) is 2.98. The van der Waals surface area contributed by atoms with E-state index in [4.69, 9.17) is 4.74 Å². The molecule has 0 aliphatic rings. The number of rotatable bonds is 7. The maximum Gasteiger partial charge on any atom is 0.233 e. The maximum atomic E-state index is 5.69. The molecule has 0 saturated heterocycles. The molecule has 0 aliphatic heterocycles. The number of nitrogens with one attached hydrogen (secondary N) is 2. The summed E-state index contributed by atoms with van der Waals surface area (Å²) in [5.41, 5.74) is 2.26. The quantitative estimate of drug-likeness (QED) is 0.822. The Morgan fingerprint density at radius 1 is 1.35 bits per heavy atom. The Morgan fingerprint density at radius 3 is 2.80 bits per heavy atom. The van der Waals surface area contributed by atoms with Crippen molar-refractivity contribution < 1.29 is 4.74 Å². The minimum absolute atomic E-state index is 0.580. The average Bonchev–Trinajstić information content (AvgIpc) is 2.93. The van der Waals surface area contributed by atoms with Gasteiger partial charge in [0.1, 0.15) is 6.61 Å². The molecule has 0 radical (unpaired) electrons. The molecule has 0 aliphatic carbocycles. The van der Waals surface area contributed by atoms with Crippen LogP contribution in [0.1, 0.15) is 34.9 Å². The Kier molecular flexibility index (Phi) is 5.20. The largest absolute Gasteiger partial charge is 0.472 e. The van der Waals surface area contributed by atoms with Crippen molar-refractivity contribution >= 4 is 11.3 Å². The number of thiophene rings is 1. The molecule has 2 rings (SSSR count). The van der Waals surface area contributed by atoms with Crippen LogP contribution in [0.15, 0.2) is 12.1 Å². The van der Waals surface area contributed by atoms with E-state index in [1.54, 1.807) is 0 Å². The van der Waals surface area contributed by atoms with Crippen molar-refractivity contribution in [3.8, 4) is 5.88 Å². The van der Waals surface area contributed by atoms with Crippen LogP contribution in [0, 0.1) is 19.8 Å². The van der Waals surface area contributed by atoms with Crippen molar-refractivity contribution in [2.45, 2.75) is 40.8 Å². The molecule has 2 N–H and O–H groups in total. The molecule has 0 fully saturated rings. The number of hydrogen-bond donors (Lipinski definition) is 2. The van der Waals surface area contributed by atoms with Crippen LogP contribution in [-0.4, -0.2) is 16.7 Å². The molecule has 4 nitrogen and oxygen atoms in total. The van der Waals surface area contributed by atoms with Gasteiger partial charge in [-0.25, -0.2) is 0 Å². The molecule has 0 amide bonds. The van der Waals surface area contributed by atoms with Gasteiger partial charge in [-0.1, -0.05) is 13.8 Å². The van der Waals surface area contributed by atoms with Crippen molar-refractivity contribution in [3.63, 3.8) is 0 Å². The summed E-state index contributed by atoms with van der Waals surface area (Å²) in [6.45, 7) is 11.1. The van der Waals surface area contributed by atoms with Gasteiger partial charge in [-0.05, 0) is 32.4 Å².